The minimum Gasteiger partial charge on any atom is -0.297 e. The van der Waals surface area contributed by atoms with Crippen LogP contribution in [0.25, 0.3) is 0 Å². The summed E-state index contributed by atoms with van der Waals surface area (Å²) < 4.78 is 12.9. The number of aldehydes is 1. The smallest absolute Gasteiger partial charge is 0.155 e. The summed E-state index contributed by atoms with van der Waals surface area (Å²) in [6.07, 6.45) is 4.47. The number of rotatable bonds is 2. The number of halogens is 1. The maximum absolute atomic E-state index is 12.9. The third-order valence-corrected chi connectivity index (χ3v) is 4.10. The highest BCUT2D eigenvalue weighted by Gasteiger charge is 2.12. The molecule has 0 saturated carbocycles. The average Bonchev–Trinajstić information content (AvgIpc) is 2.65. The van der Waals surface area contributed by atoms with Crippen LogP contribution in [0.1, 0.15) is 0 Å². The van der Waals surface area contributed by atoms with Gasteiger partial charge in [-0.2, -0.15) is 10.9 Å². The molecule has 0 N–H and O–H groups in total. The first-order valence-electron chi connectivity index (χ1n) is 4.20. The van der Waals surface area contributed by atoms with Crippen LogP contribution in [0.5, 0.6) is 0 Å². The van der Waals surface area contributed by atoms with E-state index in [-0.39, 0.29) is 5.82 Å². The first-order chi connectivity index (χ1) is 6.81. The van der Waals surface area contributed by atoms with Gasteiger partial charge < -0.3 is 0 Å². The second-order valence-electron chi connectivity index (χ2n) is 2.90. The summed E-state index contributed by atoms with van der Waals surface area (Å²) in [5.74, 6) is -0.254. The lowest BCUT2D eigenvalue weighted by atomic mass is 10.4. The number of carbonyl (C=O) groups excluding carboxylic acids is 1. The van der Waals surface area contributed by atoms with Crippen LogP contribution in [-0.4, -0.2) is 6.29 Å². The largest absolute Gasteiger partial charge is 0.297 e. The van der Waals surface area contributed by atoms with Crippen molar-refractivity contribution in [2.45, 2.75) is 4.90 Å². The van der Waals surface area contributed by atoms with Gasteiger partial charge in [0.15, 0.2) is 6.29 Å². The molecule has 0 amide bonds. The van der Waals surface area contributed by atoms with Gasteiger partial charge in [-0.3, -0.25) is 4.79 Å². The Morgan fingerprint density at radius 3 is 2.93 bits per heavy atom. The molecule has 1 nitrogen and oxygen atoms in total. The third kappa shape index (κ3) is 1.63. The molecule has 1 aliphatic heterocycles. The van der Waals surface area contributed by atoms with Crippen molar-refractivity contribution in [3.8, 4) is 0 Å². The van der Waals surface area contributed by atoms with Crippen molar-refractivity contribution in [1.29, 1.82) is 0 Å². The molecule has 1 aromatic carbocycles. The Balaban J connectivity index is 2.36. The fourth-order valence-electron chi connectivity index (χ4n) is 1.35. The summed E-state index contributed by atoms with van der Waals surface area (Å²) in [6.45, 7) is 0. The fourth-order valence-corrected chi connectivity index (χ4v) is 3.12. The van der Waals surface area contributed by atoms with E-state index in [0.29, 0.717) is 0 Å². The van der Waals surface area contributed by atoms with E-state index < -0.39 is 10.9 Å². The van der Waals surface area contributed by atoms with Crippen molar-refractivity contribution in [1.82, 2.24) is 0 Å². The van der Waals surface area contributed by atoms with Crippen molar-refractivity contribution >= 4 is 17.2 Å². The van der Waals surface area contributed by atoms with Crippen LogP contribution in [0, 0.1) is 5.82 Å². The number of hydrogen-bond acceptors (Lipinski definition) is 1. The van der Waals surface area contributed by atoms with E-state index in [2.05, 4.69) is 0 Å². The molecule has 0 aromatic heterocycles. The summed E-state index contributed by atoms with van der Waals surface area (Å²) in [6, 6.07) is 6.41. The lowest BCUT2D eigenvalue weighted by Gasteiger charge is -2.13. The topological polar surface area (TPSA) is 17.1 Å². The third-order valence-electron chi connectivity index (χ3n) is 1.99. The van der Waals surface area contributed by atoms with Gasteiger partial charge in [0, 0.05) is 4.91 Å². The van der Waals surface area contributed by atoms with Crippen LogP contribution < -0.4 is 0 Å². The zero-order chi connectivity index (χ0) is 9.97. The van der Waals surface area contributed by atoms with E-state index in [9.17, 15) is 9.18 Å². The summed E-state index contributed by atoms with van der Waals surface area (Å²) in [5.41, 5.74) is 0. The molecule has 1 atom stereocenters. The number of carbonyl (C=O) groups is 1. The molecule has 0 aliphatic carbocycles. The molecule has 1 unspecified atom stereocenters. The van der Waals surface area contributed by atoms with Gasteiger partial charge in [-0.25, -0.2) is 4.39 Å². The normalized spacial score (nSPS) is 22.1. The molecule has 72 valence electrons. The van der Waals surface area contributed by atoms with Crippen LogP contribution in [0.3, 0.4) is 0 Å². The minimum atomic E-state index is -0.747. The van der Waals surface area contributed by atoms with Crippen molar-refractivity contribution in [3.63, 3.8) is 0 Å². The van der Waals surface area contributed by atoms with Gasteiger partial charge in [-0.05, 0) is 34.6 Å². The molecule has 0 saturated heterocycles. The van der Waals surface area contributed by atoms with E-state index in [0.717, 1.165) is 16.1 Å². The van der Waals surface area contributed by atoms with E-state index in [1.54, 1.807) is 12.1 Å². The maximum atomic E-state index is 12.9. The number of thiol groups is 1. The first kappa shape index (κ1) is 9.21. The monoisotopic (exact) mass is 208 g/mol. The Kier molecular flexibility index (Phi) is 2.50. The summed E-state index contributed by atoms with van der Waals surface area (Å²) in [7, 11) is -0.747. The van der Waals surface area contributed by atoms with E-state index >= 15 is 0 Å². The quantitative estimate of drug-likeness (QED) is 0.584. The van der Waals surface area contributed by atoms with Gasteiger partial charge in [0.25, 0.3) is 0 Å². The van der Waals surface area contributed by atoms with Crippen LogP contribution in [0.15, 0.2) is 51.6 Å². The highest BCUT2D eigenvalue weighted by atomic mass is 32.2. The molecule has 1 aliphatic rings. The van der Waals surface area contributed by atoms with Crippen molar-refractivity contribution in [2.24, 2.45) is 0 Å². The standard InChI is InChI=1S/C11H9FOS/c12-9-3-1-4-10(7-9)14-6-2-5-11(14)8-13/h1-8,14H. The van der Waals surface area contributed by atoms with Crippen molar-refractivity contribution in [3.05, 3.63) is 52.5 Å². The Hall–Kier alpha value is -1.35. The van der Waals surface area contributed by atoms with Gasteiger partial charge in [-0.1, -0.05) is 12.1 Å². The predicted molar refractivity (Wildman–Crippen MR) is 56.9 cm³/mol. The second-order valence-corrected chi connectivity index (χ2v) is 4.97. The van der Waals surface area contributed by atoms with Crippen LogP contribution in [0.4, 0.5) is 4.39 Å². The number of allylic oxidation sites excluding steroid dienone is 3. The predicted octanol–water partition coefficient (Wildman–Crippen LogP) is 2.80. The average molecular weight is 208 g/mol. The van der Waals surface area contributed by atoms with Crippen LogP contribution in [0.2, 0.25) is 0 Å². The van der Waals surface area contributed by atoms with E-state index in [1.165, 1.54) is 12.1 Å². The molecule has 0 fully saturated rings. The SMILES string of the molecule is O=CC1=CC=C[SH]1c1cccc(F)c1. The van der Waals surface area contributed by atoms with Gasteiger partial charge in [0.05, 0.1) is 0 Å². The zero-order valence-electron chi connectivity index (χ0n) is 7.35. The minimum absolute atomic E-state index is 0.254. The molecule has 2 rings (SSSR count). The molecule has 0 radical (unpaired) electrons. The van der Waals surface area contributed by atoms with E-state index in [1.807, 2.05) is 17.6 Å². The molecule has 14 heavy (non-hydrogen) atoms. The molecular formula is C11H9FOS. The Labute approximate surface area is 84.3 Å². The zero-order valence-corrected chi connectivity index (χ0v) is 8.25. The van der Waals surface area contributed by atoms with Gasteiger partial charge in [0.2, 0.25) is 0 Å². The van der Waals surface area contributed by atoms with E-state index in [4.69, 9.17) is 0 Å². The van der Waals surface area contributed by atoms with Crippen molar-refractivity contribution < 1.29 is 9.18 Å². The fraction of sp³-hybridized carbons (Fsp3) is 0. The summed E-state index contributed by atoms with van der Waals surface area (Å²) >= 11 is 0. The van der Waals surface area contributed by atoms with Gasteiger partial charge in [-0.15, -0.1) is 0 Å². The lowest BCUT2D eigenvalue weighted by Crippen LogP contribution is -1.85. The first-order valence-corrected chi connectivity index (χ1v) is 5.61. The molecule has 1 aromatic rings. The Morgan fingerprint density at radius 1 is 1.36 bits per heavy atom. The maximum Gasteiger partial charge on any atom is 0.155 e. The second kappa shape index (κ2) is 3.80. The molecule has 3 heteroatoms. The van der Waals surface area contributed by atoms with Crippen molar-refractivity contribution in [2.75, 3.05) is 0 Å². The van der Waals surface area contributed by atoms with Gasteiger partial charge >= 0.3 is 0 Å². The highest BCUT2D eigenvalue weighted by Crippen LogP contribution is 2.47. The molecule has 0 bridgehead atoms. The molecule has 1 heterocycles. The molecular weight excluding hydrogens is 199 g/mol. The van der Waals surface area contributed by atoms with Gasteiger partial charge in [0.1, 0.15) is 5.82 Å². The Morgan fingerprint density at radius 2 is 2.21 bits per heavy atom. The molecule has 0 spiro atoms. The summed E-state index contributed by atoms with van der Waals surface area (Å²) in [5, 5.41) is 1.95. The van der Waals surface area contributed by atoms with Crippen LogP contribution in [-0.2, 0) is 4.79 Å². The van der Waals surface area contributed by atoms with Crippen LogP contribution >= 0.6 is 10.9 Å². The number of hydrogen-bond donors (Lipinski definition) is 1. The summed E-state index contributed by atoms with van der Waals surface area (Å²) in [4.78, 5) is 12.3. The Bertz CT molecular complexity index is 423. The lowest BCUT2D eigenvalue weighted by molar-refractivity contribution is -0.104. The number of benzene rings is 1. The highest BCUT2D eigenvalue weighted by molar-refractivity contribution is 8.23.